The maximum Gasteiger partial charge on any atom is 0.321 e. The number of rotatable bonds is 4. The number of aliphatic carboxylic acids is 1. The highest BCUT2D eigenvalue weighted by atomic mass is 35.5. The average Bonchev–Trinajstić information content (AvgIpc) is 2.18. The van der Waals surface area contributed by atoms with Gasteiger partial charge in [-0.05, 0) is 25.0 Å². The van der Waals surface area contributed by atoms with E-state index in [9.17, 15) is 9.59 Å². The lowest BCUT2D eigenvalue weighted by Crippen LogP contribution is -2.16. The van der Waals surface area contributed by atoms with Gasteiger partial charge in [0.15, 0.2) is 5.78 Å². The molecule has 1 aromatic carbocycles. The van der Waals surface area contributed by atoms with Crippen molar-refractivity contribution >= 4 is 23.4 Å². The average molecular weight is 227 g/mol. The Morgan fingerprint density at radius 2 is 2.13 bits per heavy atom. The summed E-state index contributed by atoms with van der Waals surface area (Å²) in [5.74, 6) is -1.09. The van der Waals surface area contributed by atoms with Crippen LogP contribution in [0.15, 0.2) is 24.3 Å². The molecule has 0 saturated carbocycles. The first-order chi connectivity index (χ1) is 7.00. The zero-order valence-electron chi connectivity index (χ0n) is 8.24. The second-order valence-electron chi connectivity index (χ2n) is 3.27. The van der Waals surface area contributed by atoms with Crippen molar-refractivity contribution < 1.29 is 14.7 Å². The molecule has 15 heavy (non-hydrogen) atoms. The van der Waals surface area contributed by atoms with Crippen LogP contribution in [0.1, 0.15) is 22.8 Å². The van der Waals surface area contributed by atoms with Gasteiger partial charge in [-0.2, -0.15) is 0 Å². The lowest BCUT2D eigenvalue weighted by Gasteiger charge is -2.05. The molecule has 0 aliphatic heterocycles. The van der Waals surface area contributed by atoms with E-state index in [0.29, 0.717) is 5.56 Å². The first-order valence-corrected chi connectivity index (χ1v) is 4.91. The van der Waals surface area contributed by atoms with Crippen molar-refractivity contribution in [1.29, 1.82) is 0 Å². The maximum atomic E-state index is 11.1. The summed E-state index contributed by atoms with van der Waals surface area (Å²) in [5.41, 5.74) is 1.33. The molecule has 0 amide bonds. The third-order valence-corrected chi connectivity index (χ3v) is 2.36. The van der Waals surface area contributed by atoms with Crippen LogP contribution < -0.4 is 0 Å². The zero-order valence-corrected chi connectivity index (χ0v) is 8.99. The third kappa shape index (κ3) is 3.36. The Balaban J connectivity index is 2.82. The monoisotopic (exact) mass is 226 g/mol. The standard InChI is InChI=1S/C11H11ClO3/c1-7(13)9-4-2-3-8(5-9)6-10(12)11(14)15/h2-5,10H,6H2,1H3,(H,14,15). The SMILES string of the molecule is CC(=O)c1cccc(CC(Cl)C(=O)O)c1. The Labute approximate surface area is 92.7 Å². The molecule has 0 bridgehead atoms. The molecule has 0 spiro atoms. The maximum absolute atomic E-state index is 11.1. The van der Waals surface area contributed by atoms with Gasteiger partial charge in [0.25, 0.3) is 0 Å². The molecule has 0 aromatic heterocycles. The number of benzene rings is 1. The highest BCUT2D eigenvalue weighted by Crippen LogP contribution is 2.11. The van der Waals surface area contributed by atoms with Gasteiger partial charge < -0.3 is 5.11 Å². The number of carbonyl (C=O) groups excluding carboxylic acids is 1. The van der Waals surface area contributed by atoms with E-state index in [2.05, 4.69) is 0 Å². The normalized spacial score (nSPS) is 12.1. The number of carboxylic acid groups (broad SMARTS) is 1. The van der Waals surface area contributed by atoms with Crippen molar-refractivity contribution in [3.63, 3.8) is 0 Å². The minimum Gasteiger partial charge on any atom is -0.480 e. The summed E-state index contributed by atoms with van der Waals surface area (Å²) in [7, 11) is 0. The Morgan fingerprint density at radius 3 is 2.67 bits per heavy atom. The predicted molar refractivity (Wildman–Crippen MR) is 57.4 cm³/mol. The molecule has 1 N–H and O–H groups in total. The molecule has 1 unspecified atom stereocenters. The largest absolute Gasteiger partial charge is 0.480 e. The van der Waals surface area contributed by atoms with E-state index in [1.54, 1.807) is 24.3 Å². The molecule has 80 valence electrons. The predicted octanol–water partition coefficient (Wildman–Crippen LogP) is 2.12. The van der Waals surface area contributed by atoms with Crippen molar-refractivity contribution in [2.24, 2.45) is 0 Å². The van der Waals surface area contributed by atoms with Crippen molar-refractivity contribution in [2.75, 3.05) is 0 Å². The number of hydrogen-bond donors (Lipinski definition) is 1. The molecule has 1 aromatic rings. The Morgan fingerprint density at radius 1 is 1.47 bits per heavy atom. The second-order valence-corrected chi connectivity index (χ2v) is 3.79. The summed E-state index contributed by atoms with van der Waals surface area (Å²) in [5, 5.41) is 7.67. The summed E-state index contributed by atoms with van der Waals surface area (Å²) < 4.78 is 0. The van der Waals surface area contributed by atoms with Crippen molar-refractivity contribution in [1.82, 2.24) is 0 Å². The fourth-order valence-corrected chi connectivity index (χ4v) is 1.39. The number of hydrogen-bond acceptors (Lipinski definition) is 2. The number of ketones is 1. The van der Waals surface area contributed by atoms with Crippen LogP contribution in [0, 0.1) is 0 Å². The summed E-state index contributed by atoms with van der Waals surface area (Å²) in [4.78, 5) is 21.6. The van der Waals surface area contributed by atoms with Gasteiger partial charge in [0, 0.05) is 5.56 Å². The number of carboxylic acids is 1. The summed E-state index contributed by atoms with van der Waals surface area (Å²) in [6, 6.07) is 6.83. The topological polar surface area (TPSA) is 54.4 Å². The molecule has 0 fully saturated rings. The lowest BCUT2D eigenvalue weighted by atomic mass is 10.0. The van der Waals surface area contributed by atoms with Crippen LogP contribution in [-0.4, -0.2) is 22.2 Å². The molecular formula is C11H11ClO3. The molecule has 0 saturated heterocycles. The van der Waals surface area contributed by atoms with Gasteiger partial charge in [0.1, 0.15) is 5.38 Å². The van der Waals surface area contributed by atoms with Gasteiger partial charge in [-0.1, -0.05) is 18.2 Å². The minimum atomic E-state index is -1.05. The summed E-state index contributed by atoms with van der Waals surface area (Å²) >= 11 is 5.60. The van der Waals surface area contributed by atoms with Crippen LogP contribution in [0.5, 0.6) is 0 Å². The number of carbonyl (C=O) groups is 2. The van der Waals surface area contributed by atoms with Gasteiger partial charge >= 0.3 is 5.97 Å². The molecule has 0 heterocycles. The molecule has 3 nitrogen and oxygen atoms in total. The number of alkyl halides is 1. The molecule has 0 aliphatic carbocycles. The van der Waals surface area contributed by atoms with E-state index in [1.165, 1.54) is 6.92 Å². The van der Waals surface area contributed by atoms with Crippen LogP contribution in [0.2, 0.25) is 0 Å². The number of halogens is 1. The number of Topliss-reactive ketones (excluding diaryl/α,β-unsaturated/α-hetero) is 1. The van der Waals surface area contributed by atoms with Gasteiger partial charge in [-0.25, -0.2) is 0 Å². The fourth-order valence-electron chi connectivity index (χ4n) is 1.21. The van der Waals surface area contributed by atoms with Crippen LogP contribution in [0.3, 0.4) is 0 Å². The quantitative estimate of drug-likeness (QED) is 0.632. The Bertz CT molecular complexity index is 387. The molecule has 0 aliphatic rings. The highest BCUT2D eigenvalue weighted by Gasteiger charge is 2.14. The smallest absolute Gasteiger partial charge is 0.321 e. The summed E-state index contributed by atoms with van der Waals surface area (Å²) in [6.45, 7) is 1.47. The molecular weight excluding hydrogens is 216 g/mol. The van der Waals surface area contributed by atoms with Gasteiger partial charge in [0.05, 0.1) is 0 Å². The van der Waals surface area contributed by atoms with Crippen LogP contribution in [0.4, 0.5) is 0 Å². The first kappa shape index (κ1) is 11.7. The van der Waals surface area contributed by atoms with Crippen molar-refractivity contribution in [3.05, 3.63) is 35.4 Å². The molecule has 0 radical (unpaired) electrons. The third-order valence-electron chi connectivity index (χ3n) is 2.02. The molecule has 4 heteroatoms. The van der Waals surface area contributed by atoms with E-state index in [4.69, 9.17) is 16.7 Å². The molecule has 1 rings (SSSR count). The van der Waals surface area contributed by atoms with Crippen LogP contribution in [0.25, 0.3) is 0 Å². The van der Waals surface area contributed by atoms with Crippen LogP contribution in [-0.2, 0) is 11.2 Å². The van der Waals surface area contributed by atoms with E-state index >= 15 is 0 Å². The van der Waals surface area contributed by atoms with E-state index in [0.717, 1.165) is 5.56 Å². The van der Waals surface area contributed by atoms with Gasteiger partial charge in [0.2, 0.25) is 0 Å². The zero-order chi connectivity index (χ0) is 11.4. The fraction of sp³-hybridized carbons (Fsp3) is 0.273. The minimum absolute atomic E-state index is 0.0432. The molecule has 1 atom stereocenters. The second kappa shape index (κ2) is 4.94. The van der Waals surface area contributed by atoms with E-state index in [1.807, 2.05) is 0 Å². The van der Waals surface area contributed by atoms with Crippen molar-refractivity contribution in [3.8, 4) is 0 Å². The van der Waals surface area contributed by atoms with Crippen molar-refractivity contribution in [2.45, 2.75) is 18.7 Å². The van der Waals surface area contributed by atoms with E-state index in [-0.39, 0.29) is 12.2 Å². The van der Waals surface area contributed by atoms with E-state index < -0.39 is 11.3 Å². The van der Waals surface area contributed by atoms with Gasteiger partial charge in [-0.15, -0.1) is 11.6 Å². The summed E-state index contributed by atoms with van der Waals surface area (Å²) in [6.07, 6.45) is 0.220. The lowest BCUT2D eigenvalue weighted by molar-refractivity contribution is -0.136. The highest BCUT2D eigenvalue weighted by molar-refractivity contribution is 6.29. The Kier molecular flexibility index (Phi) is 3.86. The van der Waals surface area contributed by atoms with Crippen LogP contribution >= 0.6 is 11.6 Å². The van der Waals surface area contributed by atoms with Gasteiger partial charge in [-0.3, -0.25) is 9.59 Å². The first-order valence-electron chi connectivity index (χ1n) is 4.47. The Hall–Kier alpha value is -1.35.